The van der Waals surface area contributed by atoms with Crippen molar-refractivity contribution < 1.29 is 23.8 Å². The Bertz CT molecular complexity index is 515. The minimum absolute atomic E-state index is 0.298. The normalized spacial score (nSPS) is 11.9. The van der Waals surface area contributed by atoms with Crippen LogP contribution in [-0.4, -0.2) is 44.8 Å². The summed E-state index contributed by atoms with van der Waals surface area (Å²) in [6, 6.07) is 7.32. The molecule has 1 unspecified atom stereocenters. The molecule has 0 saturated carbocycles. The van der Waals surface area contributed by atoms with Gasteiger partial charge in [0.1, 0.15) is 0 Å². The molecule has 0 fully saturated rings. The first kappa shape index (κ1) is 19.0. The number of carbonyl (C=O) groups is 2. The van der Waals surface area contributed by atoms with Crippen LogP contribution in [0.4, 0.5) is 4.79 Å². The number of ether oxygens (including phenoxy) is 3. The lowest BCUT2D eigenvalue weighted by Crippen LogP contribution is -2.24. The van der Waals surface area contributed by atoms with Gasteiger partial charge in [0.2, 0.25) is 6.10 Å². The van der Waals surface area contributed by atoms with Gasteiger partial charge in [-0.15, -0.1) is 0 Å². The van der Waals surface area contributed by atoms with E-state index in [9.17, 15) is 9.59 Å². The van der Waals surface area contributed by atoms with E-state index in [1.807, 2.05) is 38.1 Å². The van der Waals surface area contributed by atoms with Crippen LogP contribution >= 0.6 is 0 Å². The summed E-state index contributed by atoms with van der Waals surface area (Å²) in [5.41, 5.74) is 1.49. The van der Waals surface area contributed by atoms with Crippen molar-refractivity contribution in [2.75, 3.05) is 27.8 Å². The molecule has 0 aliphatic carbocycles. The molecule has 6 nitrogen and oxygen atoms in total. The van der Waals surface area contributed by atoms with E-state index < -0.39 is 18.2 Å². The Morgan fingerprint density at radius 3 is 2.52 bits per heavy atom. The van der Waals surface area contributed by atoms with Crippen LogP contribution in [0, 0.1) is 0 Å². The highest BCUT2D eigenvalue weighted by Crippen LogP contribution is 2.24. The second-order valence-corrected chi connectivity index (χ2v) is 5.41. The molecular formula is C17H25NO5. The van der Waals surface area contributed by atoms with Gasteiger partial charge in [-0.25, -0.2) is 9.59 Å². The van der Waals surface area contributed by atoms with Crippen LogP contribution in [0.15, 0.2) is 24.3 Å². The molecule has 0 aromatic heterocycles. The van der Waals surface area contributed by atoms with E-state index in [1.165, 1.54) is 7.11 Å². The topological polar surface area (TPSA) is 65.1 Å². The van der Waals surface area contributed by atoms with Crippen molar-refractivity contribution in [2.45, 2.75) is 32.4 Å². The van der Waals surface area contributed by atoms with Gasteiger partial charge >= 0.3 is 12.1 Å². The maximum absolute atomic E-state index is 12.3. The number of hydrogen-bond acceptors (Lipinski definition) is 6. The van der Waals surface area contributed by atoms with Crippen LogP contribution in [-0.2, 0) is 25.5 Å². The summed E-state index contributed by atoms with van der Waals surface area (Å²) in [7, 11) is 5.05. The smallest absolute Gasteiger partial charge is 0.463 e. The molecule has 0 spiro atoms. The molecule has 0 radical (unpaired) electrons. The molecule has 23 heavy (non-hydrogen) atoms. The Morgan fingerprint density at radius 2 is 1.91 bits per heavy atom. The number of esters is 1. The van der Waals surface area contributed by atoms with Crippen molar-refractivity contribution in [2.24, 2.45) is 0 Å². The van der Waals surface area contributed by atoms with Crippen molar-refractivity contribution in [3.63, 3.8) is 0 Å². The third-order valence-corrected chi connectivity index (χ3v) is 3.16. The number of methoxy groups -OCH3 is 1. The zero-order chi connectivity index (χ0) is 17.2. The van der Waals surface area contributed by atoms with Gasteiger partial charge in [0.15, 0.2) is 0 Å². The van der Waals surface area contributed by atoms with Gasteiger partial charge in [0.05, 0.1) is 13.7 Å². The van der Waals surface area contributed by atoms with E-state index >= 15 is 0 Å². The number of hydrogen-bond donors (Lipinski definition) is 0. The van der Waals surface area contributed by atoms with Gasteiger partial charge in [0.25, 0.3) is 0 Å². The Balaban J connectivity index is 3.03. The van der Waals surface area contributed by atoms with E-state index in [0.717, 1.165) is 18.4 Å². The SMILES string of the molecule is CCCCOC(=O)C(OC(=O)OC)c1ccccc1CN(C)C. The summed E-state index contributed by atoms with van der Waals surface area (Å²) in [6.07, 6.45) is -0.374. The average molecular weight is 323 g/mol. The Morgan fingerprint density at radius 1 is 1.22 bits per heavy atom. The zero-order valence-corrected chi connectivity index (χ0v) is 14.2. The second-order valence-electron chi connectivity index (χ2n) is 5.41. The largest absolute Gasteiger partial charge is 0.509 e. The van der Waals surface area contributed by atoms with E-state index in [2.05, 4.69) is 4.74 Å². The summed E-state index contributed by atoms with van der Waals surface area (Å²) >= 11 is 0. The van der Waals surface area contributed by atoms with Gasteiger partial charge < -0.3 is 19.1 Å². The molecule has 1 rings (SSSR count). The molecule has 0 amide bonds. The number of carbonyl (C=O) groups excluding carboxylic acids is 2. The monoisotopic (exact) mass is 323 g/mol. The lowest BCUT2D eigenvalue weighted by Gasteiger charge is -2.20. The van der Waals surface area contributed by atoms with Crippen LogP contribution in [0.25, 0.3) is 0 Å². The Hall–Kier alpha value is -2.08. The number of nitrogens with zero attached hydrogens (tertiary/aromatic N) is 1. The fourth-order valence-electron chi connectivity index (χ4n) is 2.05. The number of unbranched alkanes of at least 4 members (excludes halogenated alkanes) is 1. The van der Waals surface area contributed by atoms with Crippen LogP contribution < -0.4 is 0 Å². The minimum Gasteiger partial charge on any atom is -0.463 e. The maximum atomic E-state index is 12.3. The van der Waals surface area contributed by atoms with Crippen LogP contribution in [0.3, 0.4) is 0 Å². The van der Waals surface area contributed by atoms with E-state index in [1.54, 1.807) is 12.1 Å². The molecule has 128 valence electrons. The molecule has 1 aromatic rings. The second kappa shape index (κ2) is 9.84. The first-order valence-corrected chi connectivity index (χ1v) is 7.63. The van der Waals surface area contributed by atoms with Crippen molar-refractivity contribution in [1.29, 1.82) is 0 Å². The quantitative estimate of drug-likeness (QED) is 0.541. The predicted octanol–water partition coefficient (Wildman–Crippen LogP) is 2.92. The highest BCUT2D eigenvalue weighted by atomic mass is 16.7. The Kier molecular flexibility index (Phi) is 8.11. The molecule has 0 N–H and O–H groups in total. The lowest BCUT2D eigenvalue weighted by atomic mass is 10.0. The van der Waals surface area contributed by atoms with Gasteiger partial charge in [-0.2, -0.15) is 0 Å². The lowest BCUT2D eigenvalue weighted by molar-refractivity contribution is -0.155. The summed E-state index contributed by atoms with van der Waals surface area (Å²) in [5, 5.41) is 0. The fraction of sp³-hybridized carbons (Fsp3) is 0.529. The van der Waals surface area contributed by atoms with Gasteiger partial charge in [-0.3, -0.25) is 0 Å². The number of benzene rings is 1. The molecule has 0 aliphatic rings. The molecule has 0 heterocycles. The summed E-state index contributed by atoms with van der Waals surface area (Å²) < 4.78 is 14.9. The van der Waals surface area contributed by atoms with Crippen LogP contribution in [0.1, 0.15) is 37.0 Å². The maximum Gasteiger partial charge on any atom is 0.509 e. The van der Waals surface area contributed by atoms with Crippen molar-refractivity contribution in [3.05, 3.63) is 35.4 Å². The fourth-order valence-corrected chi connectivity index (χ4v) is 2.05. The summed E-state index contributed by atoms with van der Waals surface area (Å²) in [4.78, 5) is 25.8. The molecule has 1 atom stereocenters. The molecule has 6 heteroatoms. The van der Waals surface area contributed by atoms with Gasteiger partial charge in [-0.05, 0) is 26.1 Å². The van der Waals surface area contributed by atoms with Crippen molar-refractivity contribution in [1.82, 2.24) is 4.90 Å². The first-order chi connectivity index (χ1) is 11.0. The van der Waals surface area contributed by atoms with Crippen LogP contribution in [0.2, 0.25) is 0 Å². The first-order valence-electron chi connectivity index (χ1n) is 7.63. The predicted molar refractivity (Wildman–Crippen MR) is 85.9 cm³/mol. The number of rotatable bonds is 8. The molecule has 0 saturated heterocycles. The average Bonchev–Trinajstić information content (AvgIpc) is 2.52. The van der Waals surface area contributed by atoms with Gasteiger partial charge in [0, 0.05) is 12.1 Å². The van der Waals surface area contributed by atoms with Gasteiger partial charge in [-0.1, -0.05) is 37.6 Å². The van der Waals surface area contributed by atoms with Crippen LogP contribution in [0.5, 0.6) is 0 Å². The van der Waals surface area contributed by atoms with E-state index in [4.69, 9.17) is 9.47 Å². The molecule has 0 bridgehead atoms. The van der Waals surface area contributed by atoms with E-state index in [-0.39, 0.29) is 0 Å². The highest BCUT2D eigenvalue weighted by molar-refractivity contribution is 5.79. The molecule has 1 aromatic carbocycles. The highest BCUT2D eigenvalue weighted by Gasteiger charge is 2.29. The molecular weight excluding hydrogens is 298 g/mol. The van der Waals surface area contributed by atoms with Crippen molar-refractivity contribution >= 4 is 12.1 Å². The summed E-state index contributed by atoms with van der Waals surface area (Å²) in [5.74, 6) is -0.588. The minimum atomic E-state index is -1.13. The molecule has 0 aliphatic heterocycles. The zero-order valence-electron chi connectivity index (χ0n) is 14.2. The third kappa shape index (κ3) is 6.28. The Labute approximate surface area is 137 Å². The summed E-state index contributed by atoms with van der Waals surface area (Å²) in [6.45, 7) is 2.91. The van der Waals surface area contributed by atoms with Crippen molar-refractivity contribution in [3.8, 4) is 0 Å². The van der Waals surface area contributed by atoms with E-state index in [0.29, 0.717) is 18.7 Å². The standard InChI is InChI=1S/C17H25NO5/c1-5-6-11-22-16(19)15(23-17(20)21-4)14-10-8-7-9-13(14)12-18(2)3/h7-10,15H,5-6,11-12H2,1-4H3. The third-order valence-electron chi connectivity index (χ3n) is 3.16.